The van der Waals surface area contributed by atoms with Crippen LogP contribution in [-0.4, -0.2) is 26.1 Å². The van der Waals surface area contributed by atoms with Crippen LogP contribution in [0.3, 0.4) is 0 Å². The van der Waals surface area contributed by atoms with Gasteiger partial charge in [-0.15, -0.1) is 0 Å². The Labute approximate surface area is 112 Å². The lowest BCUT2D eigenvalue weighted by molar-refractivity contribution is -0.124. The van der Waals surface area contributed by atoms with Crippen molar-refractivity contribution in [1.82, 2.24) is 10.6 Å². The largest absolute Gasteiger partial charge is 0.497 e. The van der Waals surface area contributed by atoms with E-state index >= 15 is 0 Å². The smallest absolute Gasteiger partial charge is 0.224 e. The highest BCUT2D eigenvalue weighted by atomic mass is 35.5. The van der Waals surface area contributed by atoms with Crippen molar-refractivity contribution in [3.05, 3.63) is 28.8 Å². The van der Waals surface area contributed by atoms with Gasteiger partial charge in [-0.2, -0.15) is 0 Å². The van der Waals surface area contributed by atoms with Gasteiger partial charge in [0.25, 0.3) is 0 Å². The standard InChI is InChI=1S/C13H17ClN2O2/c1-18-11-3-2-9(12(14)6-11)8-16-13(17)10-4-5-15-7-10/h2-3,6,10,15H,4-5,7-8H2,1H3,(H,16,17). The Morgan fingerprint density at radius 1 is 1.61 bits per heavy atom. The lowest BCUT2D eigenvalue weighted by atomic mass is 10.1. The number of carbonyl (C=O) groups excluding carboxylic acids is 1. The quantitative estimate of drug-likeness (QED) is 0.872. The molecular formula is C13H17ClN2O2. The zero-order chi connectivity index (χ0) is 13.0. The second-order valence-electron chi connectivity index (χ2n) is 4.36. The molecule has 1 aliphatic heterocycles. The van der Waals surface area contributed by atoms with Crippen molar-refractivity contribution in [2.75, 3.05) is 20.2 Å². The molecule has 0 aliphatic carbocycles. The van der Waals surface area contributed by atoms with Gasteiger partial charge in [0.2, 0.25) is 5.91 Å². The summed E-state index contributed by atoms with van der Waals surface area (Å²) in [5.74, 6) is 0.893. The van der Waals surface area contributed by atoms with E-state index in [1.54, 1.807) is 13.2 Å². The number of hydrogen-bond acceptors (Lipinski definition) is 3. The second kappa shape index (κ2) is 6.07. The van der Waals surface area contributed by atoms with Gasteiger partial charge in [0.05, 0.1) is 13.0 Å². The minimum Gasteiger partial charge on any atom is -0.497 e. The predicted octanol–water partition coefficient (Wildman–Crippen LogP) is 1.57. The molecule has 0 spiro atoms. The topological polar surface area (TPSA) is 50.4 Å². The Hall–Kier alpha value is -1.26. The Morgan fingerprint density at radius 3 is 3.06 bits per heavy atom. The van der Waals surface area contributed by atoms with Crippen molar-refractivity contribution in [3.8, 4) is 5.75 Å². The zero-order valence-electron chi connectivity index (χ0n) is 10.3. The molecule has 1 atom stereocenters. The number of carbonyl (C=O) groups is 1. The molecule has 1 fully saturated rings. The van der Waals surface area contributed by atoms with E-state index in [1.165, 1.54) is 0 Å². The molecule has 18 heavy (non-hydrogen) atoms. The highest BCUT2D eigenvalue weighted by molar-refractivity contribution is 6.31. The lowest BCUT2D eigenvalue weighted by Crippen LogP contribution is -2.31. The fourth-order valence-electron chi connectivity index (χ4n) is 2.00. The molecule has 1 saturated heterocycles. The van der Waals surface area contributed by atoms with Crippen LogP contribution >= 0.6 is 11.6 Å². The fraction of sp³-hybridized carbons (Fsp3) is 0.462. The third-order valence-electron chi connectivity index (χ3n) is 3.14. The summed E-state index contributed by atoms with van der Waals surface area (Å²) < 4.78 is 5.08. The van der Waals surface area contributed by atoms with Gasteiger partial charge in [0, 0.05) is 18.1 Å². The van der Waals surface area contributed by atoms with E-state index in [-0.39, 0.29) is 11.8 Å². The Kier molecular flexibility index (Phi) is 4.44. The number of halogens is 1. The minimum absolute atomic E-state index is 0.0852. The number of benzene rings is 1. The van der Waals surface area contributed by atoms with Crippen LogP contribution in [0.25, 0.3) is 0 Å². The molecule has 0 aromatic heterocycles. The Balaban J connectivity index is 1.91. The molecule has 1 aliphatic rings. The van der Waals surface area contributed by atoms with E-state index in [1.807, 2.05) is 12.1 Å². The maximum Gasteiger partial charge on any atom is 0.224 e. The van der Waals surface area contributed by atoms with Gasteiger partial charge in [0.15, 0.2) is 0 Å². The average molecular weight is 269 g/mol. The van der Waals surface area contributed by atoms with Crippen LogP contribution in [0.1, 0.15) is 12.0 Å². The molecule has 0 bridgehead atoms. The molecule has 4 nitrogen and oxygen atoms in total. The van der Waals surface area contributed by atoms with E-state index in [0.717, 1.165) is 30.8 Å². The monoisotopic (exact) mass is 268 g/mol. The number of rotatable bonds is 4. The molecule has 1 aromatic rings. The average Bonchev–Trinajstić information content (AvgIpc) is 2.90. The van der Waals surface area contributed by atoms with Crippen LogP contribution in [0.15, 0.2) is 18.2 Å². The predicted molar refractivity (Wildman–Crippen MR) is 70.8 cm³/mol. The third-order valence-corrected chi connectivity index (χ3v) is 3.50. The first-order valence-corrected chi connectivity index (χ1v) is 6.39. The first-order chi connectivity index (χ1) is 8.70. The summed E-state index contributed by atoms with van der Waals surface area (Å²) >= 11 is 6.11. The summed E-state index contributed by atoms with van der Waals surface area (Å²) in [5.41, 5.74) is 0.900. The molecule has 2 rings (SSSR count). The Bertz CT molecular complexity index is 431. The molecule has 0 saturated carbocycles. The zero-order valence-corrected chi connectivity index (χ0v) is 11.1. The van der Waals surface area contributed by atoms with Crippen molar-refractivity contribution >= 4 is 17.5 Å². The van der Waals surface area contributed by atoms with Crippen molar-refractivity contribution in [2.45, 2.75) is 13.0 Å². The number of nitrogens with one attached hydrogen (secondary N) is 2. The molecule has 0 radical (unpaired) electrons. The van der Waals surface area contributed by atoms with Gasteiger partial charge >= 0.3 is 0 Å². The summed E-state index contributed by atoms with van der Waals surface area (Å²) in [7, 11) is 1.60. The van der Waals surface area contributed by atoms with Gasteiger partial charge in [-0.05, 0) is 30.7 Å². The first kappa shape index (κ1) is 13.2. The third kappa shape index (κ3) is 3.15. The first-order valence-electron chi connectivity index (χ1n) is 6.01. The summed E-state index contributed by atoms with van der Waals surface area (Å²) in [5, 5.41) is 6.70. The van der Waals surface area contributed by atoms with Crippen LogP contribution in [0.5, 0.6) is 5.75 Å². The van der Waals surface area contributed by atoms with Gasteiger partial charge in [-0.1, -0.05) is 17.7 Å². The molecule has 98 valence electrons. The highest BCUT2D eigenvalue weighted by Crippen LogP contribution is 2.22. The van der Waals surface area contributed by atoms with Gasteiger partial charge in [0.1, 0.15) is 5.75 Å². The molecule has 1 heterocycles. The molecule has 1 aromatic carbocycles. The van der Waals surface area contributed by atoms with Crippen LogP contribution in [0.2, 0.25) is 5.02 Å². The van der Waals surface area contributed by atoms with Gasteiger partial charge in [-0.3, -0.25) is 4.79 Å². The summed E-state index contributed by atoms with van der Waals surface area (Å²) in [6, 6.07) is 5.46. The SMILES string of the molecule is COc1ccc(CNC(=O)C2CCNC2)c(Cl)c1. The number of hydrogen-bond donors (Lipinski definition) is 2. The van der Waals surface area contributed by atoms with Crippen molar-refractivity contribution in [1.29, 1.82) is 0 Å². The van der Waals surface area contributed by atoms with Crippen LogP contribution in [-0.2, 0) is 11.3 Å². The number of amides is 1. The number of methoxy groups -OCH3 is 1. The fourth-order valence-corrected chi connectivity index (χ4v) is 2.24. The summed E-state index contributed by atoms with van der Waals surface area (Å²) in [4.78, 5) is 11.8. The molecule has 2 N–H and O–H groups in total. The summed E-state index contributed by atoms with van der Waals surface area (Å²) in [6.07, 6.45) is 0.905. The van der Waals surface area contributed by atoms with Crippen LogP contribution in [0, 0.1) is 5.92 Å². The van der Waals surface area contributed by atoms with Gasteiger partial charge < -0.3 is 15.4 Å². The normalized spacial score (nSPS) is 18.7. The molecule has 1 unspecified atom stereocenters. The van der Waals surface area contributed by atoms with E-state index in [0.29, 0.717) is 11.6 Å². The van der Waals surface area contributed by atoms with E-state index in [9.17, 15) is 4.79 Å². The lowest BCUT2D eigenvalue weighted by Gasteiger charge is -2.11. The number of ether oxygens (including phenoxy) is 1. The minimum atomic E-state index is 0.0852. The van der Waals surface area contributed by atoms with Crippen LogP contribution < -0.4 is 15.4 Å². The molecule has 1 amide bonds. The maximum absolute atomic E-state index is 11.8. The van der Waals surface area contributed by atoms with Crippen molar-refractivity contribution in [3.63, 3.8) is 0 Å². The Morgan fingerprint density at radius 2 is 2.44 bits per heavy atom. The van der Waals surface area contributed by atoms with E-state index in [2.05, 4.69) is 10.6 Å². The second-order valence-corrected chi connectivity index (χ2v) is 4.77. The van der Waals surface area contributed by atoms with Crippen LogP contribution in [0.4, 0.5) is 0 Å². The van der Waals surface area contributed by atoms with E-state index < -0.39 is 0 Å². The molecule has 5 heteroatoms. The van der Waals surface area contributed by atoms with Gasteiger partial charge in [-0.25, -0.2) is 0 Å². The van der Waals surface area contributed by atoms with E-state index in [4.69, 9.17) is 16.3 Å². The van der Waals surface area contributed by atoms with Crippen molar-refractivity contribution in [2.24, 2.45) is 5.92 Å². The maximum atomic E-state index is 11.8. The highest BCUT2D eigenvalue weighted by Gasteiger charge is 2.21. The van der Waals surface area contributed by atoms with Crippen molar-refractivity contribution < 1.29 is 9.53 Å². The molecular weight excluding hydrogens is 252 g/mol. The summed E-state index contributed by atoms with van der Waals surface area (Å²) in [6.45, 7) is 2.14.